The summed E-state index contributed by atoms with van der Waals surface area (Å²) in [5, 5.41) is 3.47. The highest BCUT2D eigenvalue weighted by Gasteiger charge is 2.33. The Labute approximate surface area is 176 Å². The zero-order valence-corrected chi connectivity index (χ0v) is 17.4. The minimum atomic E-state index is -4.43. The molecule has 0 atom stereocenters. The summed E-state index contributed by atoms with van der Waals surface area (Å²) >= 11 is 0. The van der Waals surface area contributed by atoms with Crippen molar-refractivity contribution in [2.45, 2.75) is 51.6 Å². The van der Waals surface area contributed by atoms with Gasteiger partial charge in [-0.3, -0.25) is 0 Å². The number of benzene rings is 2. The molecule has 2 nitrogen and oxygen atoms in total. The van der Waals surface area contributed by atoms with Gasteiger partial charge in [0.05, 0.1) is 5.56 Å². The Balaban J connectivity index is 1.94. The summed E-state index contributed by atoms with van der Waals surface area (Å²) in [5.74, 6) is 0. The molecule has 2 aromatic rings. The topological polar surface area (TPSA) is 38.0 Å². The molecule has 1 aliphatic rings. The Hall–Kier alpha value is -2.69. The minimum Gasteiger partial charge on any atom is -0.398 e. The lowest BCUT2D eigenvalue weighted by molar-refractivity contribution is -0.137. The van der Waals surface area contributed by atoms with Crippen LogP contribution in [0.25, 0.3) is 5.70 Å². The summed E-state index contributed by atoms with van der Waals surface area (Å²) in [6.07, 6.45) is 3.07. The summed E-state index contributed by atoms with van der Waals surface area (Å²) in [6.45, 7) is 3.04. The van der Waals surface area contributed by atoms with Gasteiger partial charge < -0.3 is 11.1 Å². The van der Waals surface area contributed by atoms with E-state index in [0.717, 1.165) is 62.4 Å². The summed E-state index contributed by atoms with van der Waals surface area (Å²) in [7, 11) is 0. The first-order valence-electron chi connectivity index (χ1n) is 10.6. The molecule has 3 N–H and O–H groups in total. The average Bonchev–Trinajstić information content (AvgIpc) is 2.74. The number of alkyl halides is 3. The summed E-state index contributed by atoms with van der Waals surface area (Å²) in [5.41, 5.74) is 10.4. The zero-order valence-electron chi connectivity index (χ0n) is 17.4. The van der Waals surface area contributed by atoms with Crippen LogP contribution in [0, 0.1) is 0 Å². The normalized spacial score (nSPS) is 15.4. The van der Waals surface area contributed by atoms with E-state index < -0.39 is 11.7 Å². The third-order valence-corrected chi connectivity index (χ3v) is 5.49. The Morgan fingerprint density at radius 3 is 2.50 bits per heavy atom. The number of para-hydroxylation sites is 1. The molecule has 2 aromatic carbocycles. The standard InChI is InChI=1S/C25H29F3N2/c1-2-15-30-24-14-8-5-11-20(24)16-18-9-3-4-10-19(18)17-23(29)21-12-6-7-13-22(21)25(26,27)28/h5-8,11-14,17,30H,2-4,9-10,15-16,29H2,1H3/b23-17-. The predicted molar refractivity (Wildman–Crippen MR) is 118 cm³/mol. The van der Waals surface area contributed by atoms with E-state index in [1.165, 1.54) is 23.3 Å². The zero-order chi connectivity index (χ0) is 21.6. The van der Waals surface area contributed by atoms with Gasteiger partial charge in [-0.1, -0.05) is 48.9 Å². The molecule has 160 valence electrons. The first-order chi connectivity index (χ1) is 14.4. The van der Waals surface area contributed by atoms with E-state index in [4.69, 9.17) is 5.73 Å². The van der Waals surface area contributed by atoms with Crippen LogP contribution in [0.1, 0.15) is 55.7 Å². The van der Waals surface area contributed by atoms with Crippen LogP contribution in [0.15, 0.2) is 65.8 Å². The van der Waals surface area contributed by atoms with E-state index in [-0.39, 0.29) is 11.3 Å². The lowest BCUT2D eigenvalue weighted by Crippen LogP contribution is -2.12. The molecule has 1 aliphatic carbocycles. The average molecular weight is 415 g/mol. The van der Waals surface area contributed by atoms with Gasteiger partial charge in [0.2, 0.25) is 0 Å². The SMILES string of the molecule is CCCNc1ccccc1CC1=C(/C=C(\N)c2ccccc2C(F)(F)F)CCCC1. The Morgan fingerprint density at radius 2 is 1.73 bits per heavy atom. The smallest absolute Gasteiger partial charge is 0.398 e. The van der Waals surface area contributed by atoms with Crippen molar-refractivity contribution in [3.05, 3.63) is 82.4 Å². The first kappa shape index (κ1) is 22.0. The van der Waals surface area contributed by atoms with Gasteiger partial charge in [-0.05, 0) is 67.9 Å². The molecule has 30 heavy (non-hydrogen) atoms. The van der Waals surface area contributed by atoms with Crippen molar-refractivity contribution >= 4 is 11.4 Å². The van der Waals surface area contributed by atoms with Gasteiger partial charge in [0, 0.05) is 23.5 Å². The second-order valence-corrected chi connectivity index (χ2v) is 7.74. The van der Waals surface area contributed by atoms with Crippen LogP contribution in [0.3, 0.4) is 0 Å². The van der Waals surface area contributed by atoms with E-state index in [1.807, 2.05) is 12.1 Å². The van der Waals surface area contributed by atoms with Gasteiger partial charge in [-0.25, -0.2) is 0 Å². The molecule has 0 aromatic heterocycles. The van der Waals surface area contributed by atoms with Crippen molar-refractivity contribution in [3.8, 4) is 0 Å². The molecule has 0 bridgehead atoms. The largest absolute Gasteiger partial charge is 0.417 e. The van der Waals surface area contributed by atoms with Gasteiger partial charge in [-0.15, -0.1) is 0 Å². The molecular weight excluding hydrogens is 385 g/mol. The van der Waals surface area contributed by atoms with Crippen molar-refractivity contribution in [1.82, 2.24) is 0 Å². The quantitative estimate of drug-likeness (QED) is 0.515. The molecule has 0 spiro atoms. The predicted octanol–water partition coefficient (Wildman–Crippen LogP) is 6.94. The van der Waals surface area contributed by atoms with Crippen molar-refractivity contribution in [2.75, 3.05) is 11.9 Å². The number of halogens is 3. The third kappa shape index (κ3) is 5.47. The summed E-state index contributed by atoms with van der Waals surface area (Å²) in [6, 6.07) is 13.8. The molecule has 0 heterocycles. The molecule has 0 radical (unpaired) electrons. The van der Waals surface area contributed by atoms with Crippen LogP contribution in [0.4, 0.5) is 18.9 Å². The number of anilines is 1. The van der Waals surface area contributed by atoms with Crippen LogP contribution < -0.4 is 11.1 Å². The maximum absolute atomic E-state index is 13.4. The van der Waals surface area contributed by atoms with E-state index in [1.54, 1.807) is 12.1 Å². The van der Waals surface area contributed by atoms with Crippen LogP contribution in [0.5, 0.6) is 0 Å². The molecule has 0 saturated heterocycles. The number of hydrogen-bond acceptors (Lipinski definition) is 2. The minimum absolute atomic E-state index is 0.0486. The van der Waals surface area contributed by atoms with Gasteiger partial charge in [0.1, 0.15) is 0 Å². The van der Waals surface area contributed by atoms with Crippen molar-refractivity contribution < 1.29 is 13.2 Å². The Kier molecular flexibility index (Phi) is 7.24. The lowest BCUT2D eigenvalue weighted by atomic mass is 9.86. The van der Waals surface area contributed by atoms with Crippen molar-refractivity contribution in [1.29, 1.82) is 0 Å². The van der Waals surface area contributed by atoms with Gasteiger partial charge in [-0.2, -0.15) is 13.2 Å². The number of rotatable bonds is 7. The molecule has 0 fully saturated rings. The Morgan fingerprint density at radius 1 is 1.03 bits per heavy atom. The molecule has 0 aliphatic heterocycles. The maximum Gasteiger partial charge on any atom is 0.417 e. The van der Waals surface area contributed by atoms with E-state index >= 15 is 0 Å². The van der Waals surface area contributed by atoms with E-state index in [2.05, 4.69) is 24.4 Å². The van der Waals surface area contributed by atoms with E-state index in [0.29, 0.717) is 0 Å². The van der Waals surface area contributed by atoms with Crippen molar-refractivity contribution in [2.24, 2.45) is 5.73 Å². The molecular formula is C25H29F3N2. The Bertz CT molecular complexity index is 926. The molecule has 0 unspecified atom stereocenters. The van der Waals surface area contributed by atoms with Crippen LogP contribution in [0.2, 0.25) is 0 Å². The number of nitrogens with one attached hydrogen (secondary N) is 1. The number of allylic oxidation sites excluding steroid dienone is 3. The highest BCUT2D eigenvalue weighted by Crippen LogP contribution is 2.36. The van der Waals surface area contributed by atoms with E-state index in [9.17, 15) is 13.2 Å². The number of nitrogens with two attached hydrogens (primary N) is 1. The molecule has 3 rings (SSSR count). The third-order valence-electron chi connectivity index (χ3n) is 5.49. The number of hydrogen-bond donors (Lipinski definition) is 2. The molecule has 0 saturated carbocycles. The highest BCUT2D eigenvalue weighted by atomic mass is 19.4. The van der Waals surface area contributed by atoms with Gasteiger partial charge in [0.25, 0.3) is 0 Å². The maximum atomic E-state index is 13.4. The fraction of sp³-hybridized carbons (Fsp3) is 0.360. The van der Waals surface area contributed by atoms with Gasteiger partial charge in [0.15, 0.2) is 0 Å². The first-order valence-corrected chi connectivity index (χ1v) is 10.6. The fourth-order valence-electron chi connectivity index (χ4n) is 3.95. The van der Waals surface area contributed by atoms with Crippen LogP contribution in [-0.4, -0.2) is 6.54 Å². The fourth-order valence-corrected chi connectivity index (χ4v) is 3.95. The van der Waals surface area contributed by atoms with Crippen molar-refractivity contribution in [3.63, 3.8) is 0 Å². The van der Waals surface area contributed by atoms with Gasteiger partial charge >= 0.3 is 6.18 Å². The lowest BCUT2D eigenvalue weighted by Gasteiger charge is -2.21. The monoisotopic (exact) mass is 414 g/mol. The summed E-state index contributed by atoms with van der Waals surface area (Å²) in [4.78, 5) is 0. The highest BCUT2D eigenvalue weighted by molar-refractivity contribution is 5.69. The van der Waals surface area contributed by atoms with Crippen LogP contribution in [-0.2, 0) is 12.6 Å². The second-order valence-electron chi connectivity index (χ2n) is 7.74. The molecule has 5 heteroatoms. The second kappa shape index (κ2) is 9.88. The van der Waals surface area contributed by atoms with Crippen LogP contribution >= 0.6 is 0 Å². The summed E-state index contributed by atoms with van der Waals surface area (Å²) < 4.78 is 40.2. The molecule has 0 amide bonds.